The Hall–Kier alpha value is -1.25. The molecule has 0 aromatic rings. The summed E-state index contributed by atoms with van der Waals surface area (Å²) in [6.45, 7) is 1.53. The molecule has 0 spiro atoms. The Labute approximate surface area is 60.2 Å². The molecule has 0 unspecified atom stereocenters. The van der Waals surface area contributed by atoms with Crippen LogP contribution in [0.5, 0.6) is 0 Å². The van der Waals surface area contributed by atoms with E-state index in [1.54, 1.807) is 12.4 Å². The highest BCUT2D eigenvalue weighted by Gasteiger charge is 2.02. The molecule has 1 rings (SSSR count). The van der Waals surface area contributed by atoms with Crippen LogP contribution in [0, 0.1) is 0 Å². The SMILES string of the molecule is CC(=O)N1C=CN(C)C=C1. The lowest BCUT2D eigenvalue weighted by Crippen LogP contribution is -2.21. The predicted octanol–water partition coefficient (Wildman–Crippen LogP) is 0.723. The summed E-state index contributed by atoms with van der Waals surface area (Å²) in [5.74, 6) is 0.0283. The van der Waals surface area contributed by atoms with Crippen LogP contribution in [0.2, 0.25) is 0 Å². The van der Waals surface area contributed by atoms with Gasteiger partial charge in [-0.05, 0) is 0 Å². The molecule has 0 aromatic heterocycles. The molecule has 10 heavy (non-hydrogen) atoms. The lowest BCUT2D eigenvalue weighted by atomic mass is 10.5. The molecule has 3 heteroatoms. The second kappa shape index (κ2) is 2.56. The molecule has 0 aliphatic carbocycles. The number of amides is 1. The van der Waals surface area contributed by atoms with Crippen LogP contribution in [0.15, 0.2) is 24.8 Å². The minimum atomic E-state index is 0.0283. The van der Waals surface area contributed by atoms with E-state index >= 15 is 0 Å². The van der Waals surface area contributed by atoms with E-state index < -0.39 is 0 Å². The Morgan fingerprint density at radius 1 is 1.20 bits per heavy atom. The minimum Gasteiger partial charge on any atom is -0.354 e. The van der Waals surface area contributed by atoms with E-state index in [2.05, 4.69) is 0 Å². The van der Waals surface area contributed by atoms with Crippen LogP contribution in [0.4, 0.5) is 0 Å². The van der Waals surface area contributed by atoms with Gasteiger partial charge in [-0.3, -0.25) is 9.69 Å². The van der Waals surface area contributed by atoms with Gasteiger partial charge in [-0.25, -0.2) is 0 Å². The Balaban J connectivity index is 2.62. The number of hydrogen-bond donors (Lipinski definition) is 0. The first kappa shape index (κ1) is 6.86. The number of carbonyl (C=O) groups is 1. The van der Waals surface area contributed by atoms with Crippen LogP contribution in [0.1, 0.15) is 6.92 Å². The smallest absolute Gasteiger partial charge is 0.227 e. The molecule has 0 atom stereocenters. The van der Waals surface area contributed by atoms with Crippen LogP contribution in [0.25, 0.3) is 0 Å². The predicted molar refractivity (Wildman–Crippen MR) is 38.6 cm³/mol. The maximum atomic E-state index is 10.7. The molecule has 1 aliphatic rings. The monoisotopic (exact) mass is 138 g/mol. The molecule has 0 N–H and O–H groups in total. The molecule has 1 heterocycles. The molecule has 0 fully saturated rings. The van der Waals surface area contributed by atoms with Crippen molar-refractivity contribution in [1.29, 1.82) is 0 Å². The van der Waals surface area contributed by atoms with Crippen LogP contribution in [-0.4, -0.2) is 22.8 Å². The lowest BCUT2D eigenvalue weighted by molar-refractivity contribution is -0.124. The van der Waals surface area contributed by atoms with Gasteiger partial charge >= 0.3 is 0 Å². The summed E-state index contributed by atoms with van der Waals surface area (Å²) < 4.78 is 0. The fourth-order valence-corrected chi connectivity index (χ4v) is 0.663. The molecule has 54 valence electrons. The summed E-state index contributed by atoms with van der Waals surface area (Å²) in [4.78, 5) is 14.1. The summed E-state index contributed by atoms with van der Waals surface area (Å²) >= 11 is 0. The zero-order chi connectivity index (χ0) is 7.56. The summed E-state index contributed by atoms with van der Waals surface area (Å²) in [5.41, 5.74) is 0. The highest BCUT2D eigenvalue weighted by molar-refractivity contribution is 5.75. The van der Waals surface area contributed by atoms with E-state index in [0.29, 0.717) is 0 Å². The van der Waals surface area contributed by atoms with Gasteiger partial charge in [0.2, 0.25) is 5.91 Å². The second-order valence-electron chi connectivity index (χ2n) is 2.19. The van der Waals surface area contributed by atoms with E-state index in [1.807, 2.05) is 24.3 Å². The maximum Gasteiger partial charge on any atom is 0.227 e. The fourth-order valence-electron chi connectivity index (χ4n) is 0.663. The van der Waals surface area contributed by atoms with Gasteiger partial charge in [-0.15, -0.1) is 0 Å². The minimum absolute atomic E-state index is 0.0283. The zero-order valence-electron chi connectivity index (χ0n) is 6.11. The molecule has 0 aromatic carbocycles. The standard InChI is InChI=1S/C7H10N2O/c1-7(10)9-5-3-8(2)4-6-9/h3-6H,1-2H3. The first-order chi connectivity index (χ1) is 4.70. The number of nitrogens with zero attached hydrogens (tertiary/aromatic N) is 2. The van der Waals surface area contributed by atoms with Gasteiger partial charge in [0, 0.05) is 38.8 Å². The third-order valence-electron chi connectivity index (χ3n) is 1.29. The molecule has 0 saturated heterocycles. The summed E-state index contributed by atoms with van der Waals surface area (Å²) in [5, 5.41) is 0. The van der Waals surface area contributed by atoms with E-state index in [-0.39, 0.29) is 5.91 Å². The van der Waals surface area contributed by atoms with Crippen molar-refractivity contribution in [3.63, 3.8) is 0 Å². The largest absolute Gasteiger partial charge is 0.354 e. The maximum absolute atomic E-state index is 10.7. The van der Waals surface area contributed by atoms with Crippen LogP contribution in [-0.2, 0) is 4.79 Å². The number of hydrogen-bond acceptors (Lipinski definition) is 2. The first-order valence-corrected chi connectivity index (χ1v) is 3.07. The van der Waals surface area contributed by atoms with Crippen molar-refractivity contribution in [1.82, 2.24) is 9.80 Å². The fraction of sp³-hybridized carbons (Fsp3) is 0.286. The van der Waals surface area contributed by atoms with E-state index in [0.717, 1.165) is 0 Å². The van der Waals surface area contributed by atoms with Crippen molar-refractivity contribution in [3.8, 4) is 0 Å². The highest BCUT2D eigenvalue weighted by atomic mass is 16.2. The molecule has 3 nitrogen and oxygen atoms in total. The van der Waals surface area contributed by atoms with Crippen molar-refractivity contribution >= 4 is 5.91 Å². The summed E-state index contributed by atoms with van der Waals surface area (Å²) in [7, 11) is 1.91. The third kappa shape index (κ3) is 1.37. The van der Waals surface area contributed by atoms with Gasteiger partial charge in [0.25, 0.3) is 0 Å². The van der Waals surface area contributed by atoms with Crippen LogP contribution >= 0.6 is 0 Å². The summed E-state index contributed by atoms with van der Waals surface area (Å²) in [6.07, 6.45) is 7.09. The van der Waals surface area contributed by atoms with Gasteiger partial charge in [0.15, 0.2) is 0 Å². The van der Waals surface area contributed by atoms with Gasteiger partial charge in [0.1, 0.15) is 0 Å². The number of carbonyl (C=O) groups excluding carboxylic acids is 1. The Kier molecular flexibility index (Phi) is 1.76. The average molecular weight is 138 g/mol. The van der Waals surface area contributed by atoms with E-state index in [1.165, 1.54) is 11.8 Å². The van der Waals surface area contributed by atoms with Crippen LogP contribution in [0.3, 0.4) is 0 Å². The van der Waals surface area contributed by atoms with E-state index in [4.69, 9.17) is 0 Å². The molecule has 0 bridgehead atoms. The van der Waals surface area contributed by atoms with Crippen molar-refractivity contribution in [2.75, 3.05) is 7.05 Å². The molecule has 1 amide bonds. The number of rotatable bonds is 0. The average Bonchev–Trinajstić information content (AvgIpc) is 1.88. The van der Waals surface area contributed by atoms with E-state index in [9.17, 15) is 4.79 Å². The third-order valence-corrected chi connectivity index (χ3v) is 1.29. The van der Waals surface area contributed by atoms with Crippen LogP contribution < -0.4 is 0 Å². The highest BCUT2D eigenvalue weighted by Crippen LogP contribution is 2.01. The molecule has 1 aliphatic heterocycles. The van der Waals surface area contributed by atoms with Gasteiger partial charge in [0.05, 0.1) is 0 Å². The summed E-state index contributed by atoms with van der Waals surface area (Å²) in [6, 6.07) is 0. The molecular formula is C7H10N2O. The lowest BCUT2D eigenvalue weighted by Gasteiger charge is -2.18. The quantitative estimate of drug-likeness (QED) is 0.492. The normalized spacial score (nSPS) is 16.2. The topological polar surface area (TPSA) is 23.6 Å². The molecule has 0 saturated carbocycles. The zero-order valence-corrected chi connectivity index (χ0v) is 6.11. The Bertz CT molecular complexity index is 182. The molecule has 0 radical (unpaired) electrons. The molecular weight excluding hydrogens is 128 g/mol. The van der Waals surface area contributed by atoms with Crippen molar-refractivity contribution in [2.45, 2.75) is 6.92 Å². The first-order valence-electron chi connectivity index (χ1n) is 3.07. The van der Waals surface area contributed by atoms with Crippen molar-refractivity contribution < 1.29 is 4.79 Å². The van der Waals surface area contributed by atoms with Crippen molar-refractivity contribution in [3.05, 3.63) is 24.8 Å². The second-order valence-corrected chi connectivity index (χ2v) is 2.19. The van der Waals surface area contributed by atoms with Gasteiger partial charge in [-0.1, -0.05) is 0 Å². The van der Waals surface area contributed by atoms with Gasteiger partial charge < -0.3 is 4.90 Å². The Morgan fingerprint density at radius 2 is 1.70 bits per heavy atom. The van der Waals surface area contributed by atoms with Crippen molar-refractivity contribution in [2.24, 2.45) is 0 Å². The van der Waals surface area contributed by atoms with Gasteiger partial charge in [-0.2, -0.15) is 0 Å². The Morgan fingerprint density at radius 3 is 2.10 bits per heavy atom.